The van der Waals surface area contributed by atoms with Crippen LogP contribution in [0.15, 0.2) is 0 Å². The Morgan fingerprint density at radius 1 is 1.11 bits per heavy atom. The third kappa shape index (κ3) is 4.69. The SMILES string of the molecule is CC(C)C[Si](C)(C)OC(C)(C(C)(C)C)S(C)(C)[Si]. The van der Waals surface area contributed by atoms with Crippen LogP contribution in [0, 0.1) is 11.3 Å². The molecule has 0 N–H and O–H groups in total. The van der Waals surface area contributed by atoms with E-state index in [1.807, 2.05) is 0 Å². The van der Waals surface area contributed by atoms with E-state index in [0.717, 1.165) is 0 Å². The average molecular weight is 306 g/mol. The van der Waals surface area contributed by atoms with Crippen molar-refractivity contribution in [2.24, 2.45) is 11.3 Å². The van der Waals surface area contributed by atoms with E-state index in [1.165, 1.54) is 6.04 Å². The molecular weight excluding hydrogens is 272 g/mol. The van der Waals surface area contributed by atoms with Gasteiger partial charge in [-0.25, -0.2) is 9.48 Å². The Balaban J connectivity index is 5.29. The van der Waals surface area contributed by atoms with Crippen LogP contribution in [0.4, 0.5) is 0 Å². The highest BCUT2D eigenvalue weighted by atomic mass is 32.4. The van der Waals surface area contributed by atoms with E-state index in [-0.39, 0.29) is 10.3 Å². The monoisotopic (exact) mass is 305 g/mol. The van der Waals surface area contributed by atoms with Gasteiger partial charge in [0.15, 0.2) is 8.32 Å². The third-order valence-electron chi connectivity index (χ3n) is 3.71. The summed E-state index contributed by atoms with van der Waals surface area (Å²) in [5.74, 6) is 0.712. The molecule has 0 heterocycles. The molecule has 0 aromatic heterocycles. The van der Waals surface area contributed by atoms with Crippen molar-refractivity contribution in [3.8, 4) is 0 Å². The fraction of sp³-hybridized carbons (Fsp3) is 1.00. The van der Waals surface area contributed by atoms with Crippen LogP contribution in [0.5, 0.6) is 0 Å². The van der Waals surface area contributed by atoms with Gasteiger partial charge in [0.2, 0.25) is 0 Å². The molecule has 1 nitrogen and oxygen atoms in total. The van der Waals surface area contributed by atoms with Gasteiger partial charge in [0, 0.05) is 0 Å². The van der Waals surface area contributed by atoms with Crippen molar-refractivity contribution < 1.29 is 4.43 Å². The van der Waals surface area contributed by atoms with Gasteiger partial charge in [0.1, 0.15) is 0 Å². The average Bonchev–Trinajstić information content (AvgIpc) is 1.94. The van der Waals surface area contributed by atoms with Gasteiger partial charge in [-0.05, 0) is 49.9 Å². The summed E-state index contributed by atoms with van der Waals surface area (Å²) in [4.78, 5) is -0.0957. The Kier molecular flexibility index (Phi) is 5.86. The van der Waals surface area contributed by atoms with E-state index in [1.54, 1.807) is 0 Å². The van der Waals surface area contributed by atoms with Crippen molar-refractivity contribution in [3.05, 3.63) is 0 Å². The summed E-state index contributed by atoms with van der Waals surface area (Å²) >= 11 is 0. The molecule has 1 atom stereocenters. The van der Waals surface area contributed by atoms with E-state index in [4.69, 9.17) is 4.43 Å². The predicted molar refractivity (Wildman–Crippen MR) is 91.3 cm³/mol. The quantitative estimate of drug-likeness (QED) is 0.665. The maximum Gasteiger partial charge on any atom is 0.188 e. The second kappa shape index (κ2) is 5.62. The zero-order valence-corrected chi connectivity index (χ0v) is 16.9. The molecule has 0 aliphatic rings. The minimum absolute atomic E-state index is 0.0957. The van der Waals surface area contributed by atoms with Gasteiger partial charge in [-0.3, -0.25) is 0 Å². The number of hydrogen-bond donors (Lipinski definition) is 0. The highest BCUT2D eigenvalue weighted by molar-refractivity contribution is 8.49. The van der Waals surface area contributed by atoms with Crippen LogP contribution in [-0.2, 0) is 4.43 Å². The van der Waals surface area contributed by atoms with Crippen molar-refractivity contribution in [3.63, 3.8) is 0 Å². The van der Waals surface area contributed by atoms with Gasteiger partial charge < -0.3 is 4.43 Å². The first kappa shape index (κ1) is 18.7. The van der Waals surface area contributed by atoms with Crippen LogP contribution >= 0.6 is 9.48 Å². The summed E-state index contributed by atoms with van der Waals surface area (Å²) in [6, 6.07) is 1.22. The molecule has 18 heavy (non-hydrogen) atoms. The maximum absolute atomic E-state index is 6.79. The molecule has 0 saturated heterocycles. The van der Waals surface area contributed by atoms with Gasteiger partial charge in [0.25, 0.3) is 0 Å². The van der Waals surface area contributed by atoms with E-state index in [0.29, 0.717) is 5.92 Å². The summed E-state index contributed by atoms with van der Waals surface area (Å²) in [6.45, 7) is 18.5. The first-order chi connectivity index (χ1) is 7.62. The van der Waals surface area contributed by atoms with Gasteiger partial charge >= 0.3 is 0 Å². The lowest BCUT2D eigenvalue weighted by molar-refractivity contribution is 0.0577. The van der Waals surface area contributed by atoms with Gasteiger partial charge in [-0.1, -0.05) is 34.6 Å². The summed E-state index contributed by atoms with van der Waals surface area (Å²) in [6.07, 6.45) is 4.60. The molecule has 0 aromatic rings. The lowest BCUT2D eigenvalue weighted by atomic mass is 9.90. The molecule has 109 valence electrons. The first-order valence-corrected chi connectivity index (χ1v) is 13.6. The van der Waals surface area contributed by atoms with Crippen molar-refractivity contribution in [2.75, 3.05) is 12.5 Å². The smallest absolute Gasteiger partial charge is 0.188 e. The van der Waals surface area contributed by atoms with Gasteiger partial charge in [-0.2, -0.15) is 0 Å². The molecule has 0 bridgehead atoms. The molecule has 4 heteroatoms. The van der Waals surface area contributed by atoms with Crippen molar-refractivity contribution in [2.45, 2.75) is 65.6 Å². The van der Waals surface area contributed by atoms with Crippen LogP contribution in [-0.4, -0.2) is 35.2 Å². The lowest BCUT2D eigenvalue weighted by Gasteiger charge is -2.57. The zero-order chi connectivity index (χ0) is 15.0. The summed E-state index contributed by atoms with van der Waals surface area (Å²) in [5, 5.41) is 0. The molecule has 0 aliphatic heterocycles. The second-order valence-corrected chi connectivity index (χ2v) is 18.6. The maximum atomic E-state index is 6.79. The molecule has 0 spiro atoms. The lowest BCUT2D eigenvalue weighted by Crippen LogP contribution is -2.53. The number of rotatable bonds is 5. The predicted octanol–water partition coefficient (Wildman–Crippen LogP) is 4.77. The molecule has 0 aromatic carbocycles. The molecule has 1 unspecified atom stereocenters. The molecule has 0 aliphatic carbocycles. The largest absolute Gasteiger partial charge is 0.405 e. The second-order valence-electron chi connectivity index (χ2n) is 7.98. The van der Waals surface area contributed by atoms with E-state index in [9.17, 15) is 0 Å². The molecular formula is C14H33OSSi2. The first-order valence-electron chi connectivity index (χ1n) is 6.80. The number of hydrogen-bond acceptors (Lipinski definition) is 1. The summed E-state index contributed by atoms with van der Waals surface area (Å²) < 4.78 is 6.79. The minimum atomic E-state index is -1.63. The van der Waals surface area contributed by atoms with E-state index in [2.05, 4.69) is 76.5 Å². The van der Waals surface area contributed by atoms with Crippen molar-refractivity contribution in [1.29, 1.82) is 0 Å². The molecule has 0 saturated carbocycles. The standard InChI is InChI=1S/C14H33OSSi2/c1-12(2)11-18(9,10)15-14(6,13(3,4)5)16(7,8)17/h12H,11H2,1-10H3. The summed E-state index contributed by atoms with van der Waals surface area (Å²) in [5.41, 5.74) is 0.134. The highest BCUT2D eigenvalue weighted by Crippen LogP contribution is 2.59. The van der Waals surface area contributed by atoms with Crippen LogP contribution < -0.4 is 0 Å². The van der Waals surface area contributed by atoms with Crippen molar-refractivity contribution in [1.82, 2.24) is 0 Å². The van der Waals surface area contributed by atoms with E-state index >= 15 is 0 Å². The fourth-order valence-electron chi connectivity index (χ4n) is 2.57. The Hall–Kier alpha value is 0.744. The fourth-order valence-corrected chi connectivity index (χ4v) is 10.3. The Bertz CT molecular complexity index is 260. The van der Waals surface area contributed by atoms with Crippen LogP contribution in [0.2, 0.25) is 19.1 Å². The molecule has 0 fully saturated rings. The Labute approximate surface area is 121 Å². The van der Waals surface area contributed by atoms with Crippen molar-refractivity contribution >= 4 is 27.2 Å². The topological polar surface area (TPSA) is 9.23 Å². The molecule has 0 amide bonds. The van der Waals surface area contributed by atoms with E-state index < -0.39 is 17.8 Å². The van der Waals surface area contributed by atoms with Crippen LogP contribution in [0.25, 0.3) is 0 Å². The highest BCUT2D eigenvalue weighted by Gasteiger charge is 2.48. The van der Waals surface area contributed by atoms with Gasteiger partial charge in [-0.15, -0.1) is 0 Å². The molecule has 0 rings (SSSR count). The molecule has 3 radical (unpaired) electrons. The Morgan fingerprint density at radius 3 is 1.72 bits per heavy atom. The van der Waals surface area contributed by atoms with Crippen LogP contribution in [0.3, 0.4) is 0 Å². The zero-order valence-electron chi connectivity index (χ0n) is 14.1. The Morgan fingerprint density at radius 2 is 1.50 bits per heavy atom. The summed E-state index contributed by atoms with van der Waals surface area (Å²) in [7, 11) is 1.39. The van der Waals surface area contributed by atoms with Crippen LogP contribution in [0.1, 0.15) is 41.5 Å². The van der Waals surface area contributed by atoms with Gasteiger partial charge in [0.05, 0.1) is 14.3 Å². The normalized spacial score (nSPS) is 18.9. The minimum Gasteiger partial charge on any atom is -0.405 e. The third-order valence-corrected chi connectivity index (χ3v) is 10.4.